The van der Waals surface area contributed by atoms with Gasteiger partial charge in [-0.25, -0.2) is 0 Å². The van der Waals surface area contributed by atoms with Crippen LogP contribution in [0.25, 0.3) is 0 Å². The maximum absolute atomic E-state index is 12.7. The fourth-order valence-electron chi connectivity index (χ4n) is 3.16. The van der Waals surface area contributed by atoms with Crippen LogP contribution in [-0.2, 0) is 4.79 Å². The van der Waals surface area contributed by atoms with Gasteiger partial charge in [-0.05, 0) is 31.0 Å². The number of hydrogen-bond acceptors (Lipinski definition) is 4. The highest BCUT2D eigenvalue weighted by atomic mass is 32.2. The quantitative estimate of drug-likeness (QED) is 0.856. The third-order valence-corrected chi connectivity index (χ3v) is 5.70. The van der Waals surface area contributed by atoms with Crippen LogP contribution < -0.4 is 15.6 Å². The standard InChI is InChI=1S/C18H23N3O3S/c1-4-5-11(2)21-17-15(18(23)20-21)16(25-10-14(22)19-17)12-6-8-13(24-3)9-7-12/h6-9,11,16H,4-5,10H2,1-3H3,(H,19,22)(H,20,23)/t11-,16-/m1/s1. The second-order valence-corrected chi connectivity index (χ2v) is 7.32. The molecule has 25 heavy (non-hydrogen) atoms. The molecule has 0 saturated heterocycles. The van der Waals surface area contributed by atoms with Crippen LogP contribution in [0, 0.1) is 0 Å². The lowest BCUT2D eigenvalue weighted by Crippen LogP contribution is -2.18. The number of benzene rings is 1. The van der Waals surface area contributed by atoms with E-state index in [2.05, 4.69) is 17.3 Å². The number of H-pyrrole nitrogens is 1. The molecule has 0 unspecified atom stereocenters. The molecule has 1 aliphatic heterocycles. The highest BCUT2D eigenvalue weighted by Crippen LogP contribution is 2.40. The zero-order valence-electron chi connectivity index (χ0n) is 14.7. The Kier molecular flexibility index (Phi) is 5.22. The van der Waals surface area contributed by atoms with Gasteiger partial charge in [-0.3, -0.25) is 19.4 Å². The number of rotatable bonds is 5. The molecule has 2 atom stereocenters. The highest BCUT2D eigenvalue weighted by Gasteiger charge is 2.31. The summed E-state index contributed by atoms with van der Waals surface area (Å²) in [7, 11) is 1.62. The number of methoxy groups -OCH3 is 1. The van der Waals surface area contributed by atoms with Gasteiger partial charge in [0.25, 0.3) is 5.56 Å². The molecule has 2 aromatic rings. The van der Waals surface area contributed by atoms with Crippen molar-refractivity contribution in [1.82, 2.24) is 9.78 Å². The van der Waals surface area contributed by atoms with Gasteiger partial charge in [-0.15, -0.1) is 11.8 Å². The number of aromatic nitrogens is 2. The molecule has 0 aliphatic carbocycles. The zero-order chi connectivity index (χ0) is 18.0. The predicted octanol–water partition coefficient (Wildman–Crippen LogP) is 3.32. The van der Waals surface area contributed by atoms with E-state index in [1.54, 1.807) is 7.11 Å². The number of amides is 1. The summed E-state index contributed by atoms with van der Waals surface area (Å²) in [5.74, 6) is 1.59. The largest absolute Gasteiger partial charge is 0.497 e. The first-order valence-corrected chi connectivity index (χ1v) is 9.49. The van der Waals surface area contributed by atoms with Gasteiger partial charge >= 0.3 is 0 Å². The molecular weight excluding hydrogens is 338 g/mol. The summed E-state index contributed by atoms with van der Waals surface area (Å²) in [5.41, 5.74) is 1.45. The van der Waals surface area contributed by atoms with Crippen LogP contribution in [0.5, 0.6) is 5.75 Å². The number of ether oxygens (including phenoxy) is 1. The van der Waals surface area contributed by atoms with Gasteiger partial charge in [-0.1, -0.05) is 25.5 Å². The molecule has 7 heteroatoms. The van der Waals surface area contributed by atoms with E-state index in [4.69, 9.17) is 4.74 Å². The minimum atomic E-state index is -0.196. The number of nitrogens with one attached hydrogen (secondary N) is 2. The Morgan fingerprint density at radius 1 is 1.32 bits per heavy atom. The number of thioether (sulfide) groups is 1. The van der Waals surface area contributed by atoms with Crippen LogP contribution in [0.1, 0.15) is 49.1 Å². The highest BCUT2D eigenvalue weighted by molar-refractivity contribution is 8.00. The maximum atomic E-state index is 12.7. The molecule has 0 radical (unpaired) electrons. The van der Waals surface area contributed by atoms with Gasteiger partial charge in [0.15, 0.2) is 0 Å². The lowest BCUT2D eigenvalue weighted by Gasteiger charge is -2.17. The molecule has 134 valence electrons. The molecule has 3 rings (SSSR count). The predicted molar refractivity (Wildman–Crippen MR) is 101 cm³/mol. The topological polar surface area (TPSA) is 76.1 Å². The number of hydrogen-bond donors (Lipinski definition) is 2. The van der Waals surface area contributed by atoms with Gasteiger partial charge < -0.3 is 10.1 Å². The molecule has 2 N–H and O–H groups in total. The summed E-state index contributed by atoms with van der Waals surface area (Å²) in [6, 6.07) is 7.76. The summed E-state index contributed by atoms with van der Waals surface area (Å²) >= 11 is 1.47. The number of carbonyl (C=O) groups is 1. The average Bonchev–Trinajstić information content (AvgIpc) is 2.82. The summed E-state index contributed by atoms with van der Waals surface area (Å²) in [6.45, 7) is 4.15. The lowest BCUT2D eigenvalue weighted by molar-refractivity contribution is -0.113. The van der Waals surface area contributed by atoms with Crippen molar-refractivity contribution in [3.63, 3.8) is 0 Å². The molecular formula is C18H23N3O3S. The van der Waals surface area contributed by atoms with Crippen LogP contribution >= 0.6 is 11.8 Å². The van der Waals surface area contributed by atoms with Crippen molar-refractivity contribution in [1.29, 1.82) is 0 Å². The fourth-order valence-corrected chi connectivity index (χ4v) is 4.29. The van der Waals surface area contributed by atoms with Crippen molar-refractivity contribution in [3.8, 4) is 5.75 Å². The van der Waals surface area contributed by atoms with E-state index in [1.165, 1.54) is 11.8 Å². The molecule has 1 aromatic carbocycles. The lowest BCUT2D eigenvalue weighted by atomic mass is 10.1. The third kappa shape index (κ3) is 3.46. The zero-order valence-corrected chi connectivity index (χ0v) is 15.5. The molecule has 0 fully saturated rings. The summed E-state index contributed by atoms with van der Waals surface area (Å²) in [4.78, 5) is 24.9. The molecule has 0 spiro atoms. The molecule has 6 nitrogen and oxygen atoms in total. The van der Waals surface area contributed by atoms with E-state index < -0.39 is 0 Å². The Balaban J connectivity index is 2.08. The average molecular weight is 361 g/mol. The number of aromatic amines is 1. The van der Waals surface area contributed by atoms with Crippen molar-refractivity contribution in [3.05, 3.63) is 45.7 Å². The minimum absolute atomic E-state index is 0.0845. The van der Waals surface area contributed by atoms with Crippen molar-refractivity contribution >= 4 is 23.5 Å². The Morgan fingerprint density at radius 3 is 2.68 bits per heavy atom. The van der Waals surface area contributed by atoms with Crippen LogP contribution in [-0.4, -0.2) is 28.6 Å². The SMILES string of the molecule is CCC[C@@H](C)n1[nH]c(=O)c2c1NC(=O)CS[C@@H]2c1ccc(OC)cc1. The van der Waals surface area contributed by atoms with Gasteiger partial charge in [-0.2, -0.15) is 0 Å². The first-order chi connectivity index (χ1) is 12.0. The van der Waals surface area contributed by atoms with Crippen LogP contribution in [0.2, 0.25) is 0 Å². The van der Waals surface area contributed by atoms with E-state index >= 15 is 0 Å². The van der Waals surface area contributed by atoms with Crippen LogP contribution in [0.15, 0.2) is 29.1 Å². The van der Waals surface area contributed by atoms with Crippen LogP contribution in [0.3, 0.4) is 0 Å². The molecule has 1 aromatic heterocycles. The van der Waals surface area contributed by atoms with E-state index in [0.29, 0.717) is 17.1 Å². The minimum Gasteiger partial charge on any atom is -0.497 e. The van der Waals surface area contributed by atoms with E-state index in [-0.39, 0.29) is 22.8 Å². The number of nitrogens with zero attached hydrogens (tertiary/aromatic N) is 1. The number of fused-ring (bicyclic) bond motifs is 1. The molecule has 0 saturated carbocycles. The first-order valence-electron chi connectivity index (χ1n) is 8.45. The van der Waals surface area contributed by atoms with E-state index in [1.807, 2.05) is 35.9 Å². The normalized spacial score (nSPS) is 18.2. The molecule has 1 amide bonds. The van der Waals surface area contributed by atoms with Crippen molar-refractivity contribution < 1.29 is 9.53 Å². The Labute approximate surface area is 150 Å². The van der Waals surface area contributed by atoms with Gasteiger partial charge in [0.2, 0.25) is 5.91 Å². The number of anilines is 1. The number of carbonyl (C=O) groups excluding carboxylic acids is 1. The van der Waals surface area contributed by atoms with Gasteiger partial charge in [0, 0.05) is 6.04 Å². The maximum Gasteiger partial charge on any atom is 0.270 e. The molecule has 1 aliphatic rings. The summed E-state index contributed by atoms with van der Waals surface area (Å²) in [6.07, 6.45) is 1.92. The first kappa shape index (κ1) is 17.7. The second-order valence-electron chi connectivity index (χ2n) is 6.22. The Hall–Kier alpha value is -2.15. The Morgan fingerprint density at radius 2 is 2.04 bits per heavy atom. The smallest absolute Gasteiger partial charge is 0.270 e. The molecule has 2 heterocycles. The van der Waals surface area contributed by atoms with Crippen molar-refractivity contribution in [2.45, 2.75) is 38.0 Å². The van der Waals surface area contributed by atoms with E-state index in [0.717, 1.165) is 24.2 Å². The van der Waals surface area contributed by atoms with Crippen molar-refractivity contribution in [2.75, 3.05) is 18.2 Å². The second kappa shape index (κ2) is 7.39. The van der Waals surface area contributed by atoms with Crippen molar-refractivity contribution in [2.24, 2.45) is 0 Å². The fraction of sp³-hybridized carbons (Fsp3) is 0.444. The van der Waals surface area contributed by atoms with Gasteiger partial charge in [0.1, 0.15) is 11.6 Å². The summed E-state index contributed by atoms with van der Waals surface area (Å²) < 4.78 is 7.02. The summed E-state index contributed by atoms with van der Waals surface area (Å²) in [5, 5.41) is 5.64. The molecule has 0 bridgehead atoms. The third-order valence-electron chi connectivity index (χ3n) is 4.43. The van der Waals surface area contributed by atoms with Gasteiger partial charge in [0.05, 0.1) is 23.7 Å². The monoisotopic (exact) mass is 361 g/mol. The van der Waals surface area contributed by atoms with E-state index in [9.17, 15) is 9.59 Å². The van der Waals surface area contributed by atoms with Crippen LogP contribution in [0.4, 0.5) is 5.82 Å². The Bertz CT molecular complexity index is 810.